The summed E-state index contributed by atoms with van der Waals surface area (Å²) in [6, 6.07) is -0.471. The second kappa shape index (κ2) is 7.56. The van der Waals surface area contributed by atoms with E-state index in [4.69, 9.17) is 0 Å². The fraction of sp³-hybridized carbons (Fsp3) is 0.615. The summed E-state index contributed by atoms with van der Waals surface area (Å²) in [6.45, 7) is 5.80. The Morgan fingerprint density at radius 3 is 2.68 bits per heavy atom. The summed E-state index contributed by atoms with van der Waals surface area (Å²) >= 11 is 0. The fourth-order valence-corrected chi connectivity index (χ4v) is 1.77. The van der Waals surface area contributed by atoms with Gasteiger partial charge in [0.2, 0.25) is 11.8 Å². The van der Waals surface area contributed by atoms with Crippen molar-refractivity contribution in [3.63, 3.8) is 0 Å². The van der Waals surface area contributed by atoms with Gasteiger partial charge in [0.05, 0.1) is 0 Å². The Balaban J connectivity index is 2.29. The number of nitrogens with zero attached hydrogens (tertiary/aromatic N) is 1. The van der Waals surface area contributed by atoms with Crippen LogP contribution in [0.2, 0.25) is 0 Å². The predicted octanol–water partition coefficient (Wildman–Crippen LogP) is 0.619. The Kier molecular flexibility index (Phi) is 6.05. The van der Waals surface area contributed by atoms with E-state index in [1.54, 1.807) is 12.4 Å². The number of carbonyl (C=O) groups excluding carboxylic acids is 2. The summed E-state index contributed by atoms with van der Waals surface area (Å²) in [7, 11) is 0. The third kappa shape index (κ3) is 5.54. The molecule has 1 aromatic rings. The number of aryl methyl sites for hydroxylation is 1. The summed E-state index contributed by atoms with van der Waals surface area (Å²) in [5, 5.41) is 5.50. The van der Waals surface area contributed by atoms with Crippen molar-refractivity contribution in [3.8, 4) is 0 Å². The van der Waals surface area contributed by atoms with E-state index in [1.807, 2.05) is 13.8 Å². The number of carbonyl (C=O) groups is 2. The molecule has 0 radical (unpaired) electrons. The quantitative estimate of drug-likeness (QED) is 0.632. The van der Waals surface area contributed by atoms with Crippen molar-refractivity contribution in [2.75, 3.05) is 6.54 Å². The van der Waals surface area contributed by atoms with Crippen LogP contribution in [0.25, 0.3) is 0 Å². The third-order valence-electron chi connectivity index (χ3n) is 2.75. The summed E-state index contributed by atoms with van der Waals surface area (Å²) in [5.74, 6) is 0.652. The highest BCUT2D eigenvalue weighted by Crippen LogP contribution is 2.02. The van der Waals surface area contributed by atoms with E-state index < -0.39 is 6.04 Å². The molecular formula is C13H22N4O2. The topological polar surface area (TPSA) is 86.9 Å². The van der Waals surface area contributed by atoms with Gasteiger partial charge < -0.3 is 15.6 Å². The lowest BCUT2D eigenvalue weighted by Crippen LogP contribution is -2.49. The van der Waals surface area contributed by atoms with Gasteiger partial charge >= 0.3 is 0 Å². The number of H-pyrrole nitrogens is 1. The van der Waals surface area contributed by atoms with Gasteiger partial charge in [0.25, 0.3) is 0 Å². The first-order valence-corrected chi connectivity index (χ1v) is 6.53. The molecule has 2 amide bonds. The Labute approximate surface area is 113 Å². The van der Waals surface area contributed by atoms with Crippen LogP contribution in [0.1, 0.15) is 33.0 Å². The zero-order chi connectivity index (χ0) is 14.3. The van der Waals surface area contributed by atoms with E-state index in [-0.39, 0.29) is 17.7 Å². The van der Waals surface area contributed by atoms with Crippen LogP contribution >= 0.6 is 0 Å². The maximum Gasteiger partial charge on any atom is 0.242 e. The molecule has 106 valence electrons. The van der Waals surface area contributed by atoms with E-state index in [0.717, 1.165) is 18.7 Å². The molecule has 6 nitrogen and oxygen atoms in total. The van der Waals surface area contributed by atoms with Crippen LogP contribution < -0.4 is 10.6 Å². The highest BCUT2D eigenvalue weighted by Gasteiger charge is 2.22. The second-order valence-corrected chi connectivity index (χ2v) is 4.85. The van der Waals surface area contributed by atoms with Gasteiger partial charge in [-0.25, -0.2) is 4.98 Å². The van der Waals surface area contributed by atoms with E-state index in [1.165, 1.54) is 6.92 Å². The minimum absolute atomic E-state index is 0.0639. The monoisotopic (exact) mass is 266 g/mol. The largest absolute Gasteiger partial charge is 0.354 e. The molecule has 0 spiro atoms. The van der Waals surface area contributed by atoms with Crippen LogP contribution in [0.4, 0.5) is 0 Å². The van der Waals surface area contributed by atoms with Gasteiger partial charge in [0.15, 0.2) is 0 Å². The number of nitrogens with one attached hydrogen (secondary N) is 3. The molecule has 1 aromatic heterocycles. The minimum Gasteiger partial charge on any atom is -0.354 e. The number of aromatic amines is 1. The molecule has 1 atom stereocenters. The molecule has 0 saturated carbocycles. The van der Waals surface area contributed by atoms with Crippen LogP contribution in [0.15, 0.2) is 12.4 Å². The average molecular weight is 266 g/mol. The first-order chi connectivity index (χ1) is 9.00. The van der Waals surface area contributed by atoms with Crippen LogP contribution in [0.5, 0.6) is 0 Å². The molecule has 0 fully saturated rings. The van der Waals surface area contributed by atoms with Gasteiger partial charge in [-0.15, -0.1) is 0 Å². The standard InChI is InChI=1S/C13H22N4O2/c1-9(2)12(17-10(3)18)13(19)16-6-4-5-11-14-7-8-15-11/h7-9,12H,4-6H2,1-3H3,(H,14,15)(H,16,19)(H,17,18). The summed E-state index contributed by atoms with van der Waals surface area (Å²) in [4.78, 5) is 30.1. The molecule has 19 heavy (non-hydrogen) atoms. The Bertz CT molecular complexity index is 401. The second-order valence-electron chi connectivity index (χ2n) is 4.85. The van der Waals surface area contributed by atoms with Crippen molar-refractivity contribution in [2.45, 2.75) is 39.7 Å². The molecule has 0 bridgehead atoms. The Morgan fingerprint density at radius 1 is 1.42 bits per heavy atom. The number of hydrogen-bond acceptors (Lipinski definition) is 3. The number of hydrogen-bond donors (Lipinski definition) is 3. The van der Waals surface area contributed by atoms with Gasteiger partial charge in [-0.1, -0.05) is 13.8 Å². The minimum atomic E-state index is -0.471. The Hall–Kier alpha value is -1.85. The van der Waals surface area contributed by atoms with Crippen molar-refractivity contribution < 1.29 is 9.59 Å². The average Bonchev–Trinajstić information content (AvgIpc) is 2.83. The van der Waals surface area contributed by atoms with Crippen molar-refractivity contribution >= 4 is 11.8 Å². The van der Waals surface area contributed by atoms with Crippen LogP contribution in [-0.4, -0.2) is 34.4 Å². The first kappa shape index (κ1) is 15.2. The molecular weight excluding hydrogens is 244 g/mol. The Morgan fingerprint density at radius 2 is 2.16 bits per heavy atom. The van der Waals surface area contributed by atoms with Crippen molar-refractivity contribution in [1.29, 1.82) is 0 Å². The number of rotatable bonds is 7. The molecule has 6 heteroatoms. The van der Waals surface area contributed by atoms with Gasteiger partial charge in [-0.05, 0) is 12.3 Å². The van der Waals surface area contributed by atoms with Gasteiger partial charge in [-0.2, -0.15) is 0 Å². The van der Waals surface area contributed by atoms with Gasteiger partial charge in [0, 0.05) is 32.3 Å². The molecule has 0 aliphatic heterocycles. The van der Waals surface area contributed by atoms with E-state index in [9.17, 15) is 9.59 Å². The summed E-state index contributed by atoms with van der Waals surface area (Å²) in [5.41, 5.74) is 0. The molecule has 0 aliphatic carbocycles. The van der Waals surface area contributed by atoms with Crippen molar-refractivity contribution in [3.05, 3.63) is 18.2 Å². The van der Waals surface area contributed by atoms with Gasteiger partial charge in [-0.3, -0.25) is 9.59 Å². The number of aromatic nitrogens is 2. The lowest BCUT2D eigenvalue weighted by Gasteiger charge is -2.20. The predicted molar refractivity (Wildman–Crippen MR) is 72.4 cm³/mol. The molecule has 0 saturated heterocycles. The fourth-order valence-electron chi connectivity index (χ4n) is 1.77. The smallest absolute Gasteiger partial charge is 0.242 e. The molecule has 0 aliphatic rings. The number of imidazole rings is 1. The normalized spacial score (nSPS) is 12.2. The van der Waals surface area contributed by atoms with Crippen LogP contribution in [-0.2, 0) is 16.0 Å². The van der Waals surface area contributed by atoms with Crippen LogP contribution in [0.3, 0.4) is 0 Å². The summed E-state index contributed by atoms with van der Waals surface area (Å²) < 4.78 is 0. The molecule has 1 heterocycles. The zero-order valence-electron chi connectivity index (χ0n) is 11.7. The number of amides is 2. The first-order valence-electron chi connectivity index (χ1n) is 6.53. The molecule has 0 aromatic carbocycles. The van der Waals surface area contributed by atoms with E-state index in [2.05, 4.69) is 20.6 Å². The zero-order valence-corrected chi connectivity index (χ0v) is 11.7. The lowest BCUT2D eigenvalue weighted by molar-refractivity contribution is -0.129. The molecule has 3 N–H and O–H groups in total. The summed E-state index contributed by atoms with van der Waals surface area (Å²) in [6.07, 6.45) is 5.09. The van der Waals surface area contributed by atoms with Crippen molar-refractivity contribution in [2.24, 2.45) is 5.92 Å². The molecule has 1 rings (SSSR count). The third-order valence-corrected chi connectivity index (χ3v) is 2.75. The SMILES string of the molecule is CC(=O)NC(C(=O)NCCCc1ncc[nH]1)C(C)C. The maximum atomic E-state index is 11.9. The maximum absolute atomic E-state index is 11.9. The van der Waals surface area contributed by atoms with E-state index in [0.29, 0.717) is 6.54 Å². The van der Waals surface area contributed by atoms with Crippen LogP contribution in [0, 0.1) is 5.92 Å². The highest BCUT2D eigenvalue weighted by atomic mass is 16.2. The molecule has 1 unspecified atom stereocenters. The van der Waals surface area contributed by atoms with Gasteiger partial charge in [0.1, 0.15) is 11.9 Å². The van der Waals surface area contributed by atoms with Crippen molar-refractivity contribution in [1.82, 2.24) is 20.6 Å². The lowest BCUT2D eigenvalue weighted by atomic mass is 10.0. The van der Waals surface area contributed by atoms with E-state index >= 15 is 0 Å². The highest BCUT2D eigenvalue weighted by molar-refractivity contribution is 5.86.